The standard InChI is InChI=1S/C11H14N2OS/c14-10(8-11-12-6-7-15-11)13-9-4-2-1-3-5-9/h1-5,11-12H,6-8H2,(H,13,14). The van der Waals surface area contributed by atoms with Gasteiger partial charge in [0.2, 0.25) is 5.91 Å². The third-order valence-corrected chi connectivity index (χ3v) is 3.40. The highest BCUT2D eigenvalue weighted by molar-refractivity contribution is 8.00. The van der Waals surface area contributed by atoms with Gasteiger partial charge in [0.1, 0.15) is 0 Å². The molecular weight excluding hydrogens is 208 g/mol. The smallest absolute Gasteiger partial charge is 0.226 e. The van der Waals surface area contributed by atoms with E-state index in [1.807, 2.05) is 42.1 Å². The highest BCUT2D eigenvalue weighted by atomic mass is 32.2. The second-order valence-corrected chi connectivity index (χ2v) is 4.74. The first-order valence-corrected chi connectivity index (χ1v) is 6.09. The Morgan fingerprint density at radius 1 is 1.47 bits per heavy atom. The Morgan fingerprint density at radius 2 is 2.27 bits per heavy atom. The number of anilines is 1. The van der Waals surface area contributed by atoms with Crippen LogP contribution in [0.1, 0.15) is 6.42 Å². The fourth-order valence-electron chi connectivity index (χ4n) is 1.51. The van der Waals surface area contributed by atoms with Crippen LogP contribution in [-0.2, 0) is 4.79 Å². The molecule has 0 radical (unpaired) electrons. The zero-order chi connectivity index (χ0) is 10.5. The Bertz CT molecular complexity index is 323. The van der Waals surface area contributed by atoms with Crippen molar-refractivity contribution >= 4 is 23.4 Å². The number of rotatable bonds is 3. The normalized spacial score (nSPS) is 20.1. The van der Waals surface area contributed by atoms with Crippen LogP contribution in [0, 0.1) is 0 Å². The Morgan fingerprint density at radius 3 is 2.93 bits per heavy atom. The maximum atomic E-state index is 11.6. The molecule has 0 bridgehead atoms. The van der Waals surface area contributed by atoms with Crippen LogP contribution in [0.15, 0.2) is 30.3 Å². The van der Waals surface area contributed by atoms with E-state index in [2.05, 4.69) is 10.6 Å². The van der Waals surface area contributed by atoms with Gasteiger partial charge in [0, 0.05) is 18.0 Å². The molecule has 1 amide bonds. The number of thioether (sulfide) groups is 1. The van der Waals surface area contributed by atoms with Crippen LogP contribution in [0.5, 0.6) is 0 Å². The summed E-state index contributed by atoms with van der Waals surface area (Å²) in [4.78, 5) is 11.6. The van der Waals surface area contributed by atoms with Gasteiger partial charge in [-0.05, 0) is 12.1 Å². The third-order valence-electron chi connectivity index (χ3n) is 2.22. The molecule has 4 heteroatoms. The van der Waals surface area contributed by atoms with Crippen LogP contribution < -0.4 is 10.6 Å². The molecule has 0 saturated carbocycles. The molecule has 1 aromatic rings. The van der Waals surface area contributed by atoms with Gasteiger partial charge in [-0.15, -0.1) is 11.8 Å². The van der Waals surface area contributed by atoms with Crippen molar-refractivity contribution in [2.45, 2.75) is 11.8 Å². The Balaban J connectivity index is 1.82. The molecule has 1 fully saturated rings. The summed E-state index contributed by atoms with van der Waals surface area (Å²) in [6.07, 6.45) is 0.541. The number of para-hydroxylation sites is 1. The molecule has 15 heavy (non-hydrogen) atoms. The fraction of sp³-hybridized carbons (Fsp3) is 0.364. The van der Waals surface area contributed by atoms with Crippen molar-refractivity contribution < 1.29 is 4.79 Å². The Labute approximate surface area is 93.6 Å². The third kappa shape index (κ3) is 3.25. The summed E-state index contributed by atoms with van der Waals surface area (Å²) in [6, 6.07) is 9.56. The number of carbonyl (C=O) groups excluding carboxylic acids is 1. The van der Waals surface area contributed by atoms with E-state index in [0.29, 0.717) is 6.42 Å². The zero-order valence-electron chi connectivity index (χ0n) is 8.40. The van der Waals surface area contributed by atoms with Crippen molar-refractivity contribution in [3.05, 3.63) is 30.3 Å². The van der Waals surface area contributed by atoms with E-state index in [0.717, 1.165) is 18.0 Å². The molecule has 1 aromatic carbocycles. The van der Waals surface area contributed by atoms with Gasteiger partial charge in [-0.25, -0.2) is 0 Å². The summed E-state index contributed by atoms with van der Waals surface area (Å²) in [5, 5.41) is 6.44. The van der Waals surface area contributed by atoms with Gasteiger partial charge in [-0.1, -0.05) is 18.2 Å². The Kier molecular flexibility index (Phi) is 3.64. The molecule has 1 aliphatic heterocycles. The molecule has 1 unspecified atom stereocenters. The van der Waals surface area contributed by atoms with Crippen molar-refractivity contribution in [2.24, 2.45) is 0 Å². The van der Waals surface area contributed by atoms with E-state index in [-0.39, 0.29) is 11.3 Å². The molecule has 1 saturated heterocycles. The number of benzene rings is 1. The monoisotopic (exact) mass is 222 g/mol. The second-order valence-electron chi connectivity index (χ2n) is 3.43. The van der Waals surface area contributed by atoms with Gasteiger partial charge < -0.3 is 10.6 Å². The largest absolute Gasteiger partial charge is 0.326 e. The number of nitrogens with one attached hydrogen (secondary N) is 2. The number of amides is 1. The number of hydrogen-bond acceptors (Lipinski definition) is 3. The molecule has 1 atom stereocenters. The van der Waals surface area contributed by atoms with Crippen LogP contribution in [0.4, 0.5) is 5.69 Å². The van der Waals surface area contributed by atoms with Gasteiger partial charge >= 0.3 is 0 Å². The SMILES string of the molecule is O=C(CC1NCCS1)Nc1ccccc1. The molecule has 1 heterocycles. The second kappa shape index (κ2) is 5.19. The lowest BCUT2D eigenvalue weighted by Crippen LogP contribution is -2.25. The number of carbonyl (C=O) groups is 1. The van der Waals surface area contributed by atoms with Crippen LogP contribution in [-0.4, -0.2) is 23.6 Å². The van der Waals surface area contributed by atoms with E-state index < -0.39 is 0 Å². The van der Waals surface area contributed by atoms with Crippen molar-refractivity contribution in [1.82, 2.24) is 5.32 Å². The predicted molar refractivity (Wildman–Crippen MR) is 63.9 cm³/mol. The fourth-order valence-corrected chi connectivity index (χ4v) is 2.54. The number of hydrogen-bond donors (Lipinski definition) is 2. The van der Waals surface area contributed by atoms with Crippen molar-refractivity contribution in [1.29, 1.82) is 0 Å². The van der Waals surface area contributed by atoms with Gasteiger partial charge in [-0.3, -0.25) is 4.79 Å². The molecule has 2 N–H and O–H groups in total. The molecule has 0 spiro atoms. The van der Waals surface area contributed by atoms with E-state index in [1.165, 1.54) is 0 Å². The molecule has 1 aliphatic rings. The van der Waals surface area contributed by atoms with E-state index >= 15 is 0 Å². The summed E-state index contributed by atoms with van der Waals surface area (Å²) in [7, 11) is 0. The Hall–Kier alpha value is -1.00. The molecule has 80 valence electrons. The van der Waals surface area contributed by atoms with E-state index in [1.54, 1.807) is 0 Å². The van der Waals surface area contributed by atoms with Crippen LogP contribution in [0.3, 0.4) is 0 Å². The van der Waals surface area contributed by atoms with E-state index in [9.17, 15) is 4.79 Å². The first-order valence-electron chi connectivity index (χ1n) is 5.04. The van der Waals surface area contributed by atoms with E-state index in [4.69, 9.17) is 0 Å². The summed E-state index contributed by atoms with van der Waals surface area (Å²) in [5.41, 5.74) is 0.866. The topological polar surface area (TPSA) is 41.1 Å². The van der Waals surface area contributed by atoms with Gasteiger partial charge in [0.25, 0.3) is 0 Å². The maximum Gasteiger partial charge on any atom is 0.226 e. The summed E-state index contributed by atoms with van der Waals surface area (Å²) < 4.78 is 0. The maximum absolute atomic E-state index is 11.6. The zero-order valence-corrected chi connectivity index (χ0v) is 9.22. The minimum absolute atomic E-state index is 0.0769. The van der Waals surface area contributed by atoms with Crippen molar-refractivity contribution in [3.63, 3.8) is 0 Å². The molecule has 3 nitrogen and oxygen atoms in total. The lowest BCUT2D eigenvalue weighted by Gasteiger charge is -2.09. The average Bonchev–Trinajstić information content (AvgIpc) is 2.71. The molecule has 0 aromatic heterocycles. The van der Waals surface area contributed by atoms with Crippen LogP contribution in [0.25, 0.3) is 0 Å². The average molecular weight is 222 g/mol. The van der Waals surface area contributed by atoms with Crippen LogP contribution >= 0.6 is 11.8 Å². The summed E-state index contributed by atoms with van der Waals surface area (Å²) in [5.74, 6) is 1.18. The molecule has 0 aliphatic carbocycles. The summed E-state index contributed by atoms with van der Waals surface area (Å²) >= 11 is 1.81. The lowest BCUT2D eigenvalue weighted by atomic mass is 10.3. The van der Waals surface area contributed by atoms with Gasteiger partial charge in [0.05, 0.1) is 11.8 Å². The van der Waals surface area contributed by atoms with Crippen molar-refractivity contribution in [3.8, 4) is 0 Å². The summed E-state index contributed by atoms with van der Waals surface area (Å²) in [6.45, 7) is 1.01. The minimum atomic E-state index is 0.0769. The highest BCUT2D eigenvalue weighted by Gasteiger charge is 2.17. The quantitative estimate of drug-likeness (QED) is 0.817. The first-order chi connectivity index (χ1) is 7.34. The predicted octanol–water partition coefficient (Wildman–Crippen LogP) is 1.68. The minimum Gasteiger partial charge on any atom is -0.326 e. The van der Waals surface area contributed by atoms with Gasteiger partial charge in [-0.2, -0.15) is 0 Å². The first kappa shape index (κ1) is 10.5. The lowest BCUT2D eigenvalue weighted by molar-refractivity contribution is -0.116. The van der Waals surface area contributed by atoms with Crippen LogP contribution in [0.2, 0.25) is 0 Å². The molecular formula is C11H14N2OS. The van der Waals surface area contributed by atoms with Crippen molar-refractivity contribution in [2.75, 3.05) is 17.6 Å². The highest BCUT2D eigenvalue weighted by Crippen LogP contribution is 2.17. The molecule has 2 rings (SSSR count). The van der Waals surface area contributed by atoms with Gasteiger partial charge in [0.15, 0.2) is 0 Å².